The zero-order valence-corrected chi connectivity index (χ0v) is 10.5. The number of rotatable bonds is 3. The van der Waals surface area contributed by atoms with Crippen molar-refractivity contribution in [3.63, 3.8) is 0 Å². The zero-order chi connectivity index (χ0) is 13.3. The van der Waals surface area contributed by atoms with Crippen LogP contribution in [0.25, 0.3) is 0 Å². The molecule has 1 N–H and O–H groups in total. The molecule has 1 fully saturated rings. The smallest absolute Gasteiger partial charge is 0.371 e. The summed E-state index contributed by atoms with van der Waals surface area (Å²) in [5.41, 5.74) is 0. The highest BCUT2D eigenvalue weighted by atomic mass is 16.4. The molecule has 2 rings (SSSR count). The average molecular weight is 251 g/mol. The van der Waals surface area contributed by atoms with Gasteiger partial charge in [0.25, 0.3) is 5.91 Å². The van der Waals surface area contributed by atoms with Gasteiger partial charge in [0.1, 0.15) is 0 Å². The normalized spacial score (nSPS) is 19.5. The van der Waals surface area contributed by atoms with E-state index in [2.05, 4.69) is 13.8 Å². The fourth-order valence-corrected chi connectivity index (χ4v) is 2.24. The first-order chi connectivity index (χ1) is 8.49. The number of hydrogen-bond donors (Lipinski definition) is 1. The summed E-state index contributed by atoms with van der Waals surface area (Å²) in [6, 6.07) is 2.74. The van der Waals surface area contributed by atoms with E-state index in [4.69, 9.17) is 9.52 Å². The maximum absolute atomic E-state index is 12.1. The molecule has 1 aliphatic rings. The van der Waals surface area contributed by atoms with Gasteiger partial charge in [-0.2, -0.15) is 0 Å². The maximum Gasteiger partial charge on any atom is 0.371 e. The number of amides is 1. The predicted molar refractivity (Wildman–Crippen MR) is 64.5 cm³/mol. The van der Waals surface area contributed by atoms with Crippen molar-refractivity contribution in [2.75, 3.05) is 13.1 Å². The quantitative estimate of drug-likeness (QED) is 0.893. The fourth-order valence-electron chi connectivity index (χ4n) is 2.24. The second-order valence-electron chi connectivity index (χ2n) is 5.01. The molecule has 1 saturated heterocycles. The van der Waals surface area contributed by atoms with E-state index in [-0.39, 0.29) is 17.4 Å². The lowest BCUT2D eigenvalue weighted by Gasteiger charge is -2.16. The summed E-state index contributed by atoms with van der Waals surface area (Å²) in [6.07, 6.45) is 0.996. The van der Waals surface area contributed by atoms with Crippen LogP contribution in [0.4, 0.5) is 0 Å². The molecule has 0 radical (unpaired) electrons. The Bertz CT molecular complexity index is 463. The second kappa shape index (κ2) is 4.84. The van der Waals surface area contributed by atoms with Crippen LogP contribution < -0.4 is 0 Å². The topological polar surface area (TPSA) is 70.8 Å². The molecule has 0 aliphatic carbocycles. The molecule has 1 aromatic rings. The van der Waals surface area contributed by atoms with E-state index in [1.54, 1.807) is 4.90 Å². The molecule has 2 heterocycles. The van der Waals surface area contributed by atoms with Gasteiger partial charge in [-0.3, -0.25) is 4.79 Å². The minimum absolute atomic E-state index is 0.108. The molecule has 0 saturated carbocycles. The van der Waals surface area contributed by atoms with Crippen molar-refractivity contribution < 1.29 is 19.1 Å². The third-order valence-corrected chi connectivity index (χ3v) is 3.48. The highest BCUT2D eigenvalue weighted by Gasteiger charge is 2.30. The molecule has 1 aliphatic heterocycles. The number of nitrogens with zero attached hydrogens (tertiary/aromatic N) is 1. The van der Waals surface area contributed by atoms with Gasteiger partial charge >= 0.3 is 5.97 Å². The number of carboxylic acids is 1. The van der Waals surface area contributed by atoms with Crippen molar-refractivity contribution in [3.05, 3.63) is 23.7 Å². The van der Waals surface area contributed by atoms with Gasteiger partial charge in [-0.1, -0.05) is 13.8 Å². The Balaban J connectivity index is 2.05. The Morgan fingerprint density at radius 2 is 2.06 bits per heavy atom. The van der Waals surface area contributed by atoms with Crippen LogP contribution >= 0.6 is 0 Å². The van der Waals surface area contributed by atoms with Crippen molar-refractivity contribution >= 4 is 11.9 Å². The summed E-state index contributed by atoms with van der Waals surface area (Å²) in [4.78, 5) is 24.5. The number of carbonyl (C=O) groups excluding carboxylic acids is 1. The molecule has 1 atom stereocenters. The summed E-state index contributed by atoms with van der Waals surface area (Å²) in [7, 11) is 0. The van der Waals surface area contributed by atoms with Crippen molar-refractivity contribution in [2.45, 2.75) is 20.3 Å². The molecule has 5 heteroatoms. The first kappa shape index (κ1) is 12.7. The van der Waals surface area contributed by atoms with Gasteiger partial charge in [0, 0.05) is 13.1 Å². The SMILES string of the molecule is CC(C)C1CCN(C(=O)c2ccc(C(=O)O)o2)C1. The van der Waals surface area contributed by atoms with Crippen LogP contribution in [0.3, 0.4) is 0 Å². The standard InChI is InChI=1S/C13H17NO4/c1-8(2)9-5-6-14(7-9)12(15)10-3-4-11(18-10)13(16)17/h3-4,8-9H,5-7H2,1-2H3,(H,16,17). The monoisotopic (exact) mass is 251 g/mol. The van der Waals surface area contributed by atoms with Crippen LogP contribution in [0.2, 0.25) is 0 Å². The largest absolute Gasteiger partial charge is 0.475 e. The lowest BCUT2D eigenvalue weighted by molar-refractivity contribution is 0.0653. The maximum atomic E-state index is 12.1. The third-order valence-electron chi connectivity index (χ3n) is 3.48. The van der Waals surface area contributed by atoms with Gasteiger partial charge in [-0.05, 0) is 30.4 Å². The Hall–Kier alpha value is -1.78. The van der Waals surface area contributed by atoms with Crippen LogP contribution in [-0.4, -0.2) is 35.0 Å². The van der Waals surface area contributed by atoms with Crippen molar-refractivity contribution in [1.29, 1.82) is 0 Å². The molecule has 18 heavy (non-hydrogen) atoms. The summed E-state index contributed by atoms with van der Waals surface area (Å²) in [5, 5.41) is 8.74. The van der Waals surface area contributed by atoms with Gasteiger partial charge in [0.2, 0.25) is 5.76 Å². The highest BCUT2D eigenvalue weighted by Crippen LogP contribution is 2.25. The van der Waals surface area contributed by atoms with E-state index in [1.807, 2.05) is 0 Å². The average Bonchev–Trinajstić information content (AvgIpc) is 2.97. The van der Waals surface area contributed by atoms with Crippen LogP contribution in [0.5, 0.6) is 0 Å². The Morgan fingerprint density at radius 3 is 2.56 bits per heavy atom. The molecule has 98 valence electrons. The highest BCUT2D eigenvalue weighted by molar-refractivity contribution is 5.93. The van der Waals surface area contributed by atoms with Gasteiger partial charge in [0.05, 0.1) is 0 Å². The van der Waals surface area contributed by atoms with Gasteiger partial charge in [-0.15, -0.1) is 0 Å². The lowest BCUT2D eigenvalue weighted by atomic mass is 9.95. The zero-order valence-electron chi connectivity index (χ0n) is 10.5. The number of hydrogen-bond acceptors (Lipinski definition) is 3. The van der Waals surface area contributed by atoms with E-state index in [0.29, 0.717) is 18.4 Å². The molecular formula is C13H17NO4. The second-order valence-corrected chi connectivity index (χ2v) is 5.01. The predicted octanol–water partition coefficient (Wildman–Crippen LogP) is 2.10. The van der Waals surface area contributed by atoms with Crippen LogP contribution in [0.15, 0.2) is 16.5 Å². The molecule has 1 unspecified atom stereocenters. The fraction of sp³-hybridized carbons (Fsp3) is 0.538. The first-order valence-electron chi connectivity index (χ1n) is 6.11. The molecule has 0 aromatic carbocycles. The molecule has 1 amide bonds. The van der Waals surface area contributed by atoms with Crippen molar-refractivity contribution in [3.8, 4) is 0 Å². The molecule has 0 spiro atoms. The van der Waals surface area contributed by atoms with E-state index in [9.17, 15) is 9.59 Å². The Kier molecular flexibility index (Phi) is 3.41. The minimum Gasteiger partial charge on any atom is -0.475 e. The Morgan fingerprint density at radius 1 is 1.39 bits per heavy atom. The van der Waals surface area contributed by atoms with Crippen LogP contribution in [0, 0.1) is 11.8 Å². The van der Waals surface area contributed by atoms with Gasteiger partial charge < -0.3 is 14.4 Å². The summed E-state index contributed by atoms with van der Waals surface area (Å²) >= 11 is 0. The molecular weight excluding hydrogens is 234 g/mol. The number of likely N-dealkylation sites (tertiary alicyclic amines) is 1. The summed E-state index contributed by atoms with van der Waals surface area (Å²) in [5.74, 6) is -0.396. The van der Waals surface area contributed by atoms with Crippen LogP contribution in [0.1, 0.15) is 41.4 Å². The summed E-state index contributed by atoms with van der Waals surface area (Å²) in [6.45, 7) is 5.73. The minimum atomic E-state index is -1.16. The molecule has 5 nitrogen and oxygen atoms in total. The van der Waals surface area contributed by atoms with Gasteiger partial charge in [0.15, 0.2) is 5.76 Å². The van der Waals surface area contributed by atoms with Crippen molar-refractivity contribution in [2.24, 2.45) is 11.8 Å². The van der Waals surface area contributed by atoms with E-state index in [0.717, 1.165) is 13.0 Å². The lowest BCUT2D eigenvalue weighted by Crippen LogP contribution is -2.29. The van der Waals surface area contributed by atoms with E-state index < -0.39 is 5.97 Å². The van der Waals surface area contributed by atoms with E-state index >= 15 is 0 Å². The first-order valence-corrected chi connectivity index (χ1v) is 6.11. The molecule has 1 aromatic heterocycles. The van der Waals surface area contributed by atoms with Crippen molar-refractivity contribution in [1.82, 2.24) is 4.90 Å². The number of furan rings is 1. The Labute approximate surface area is 105 Å². The van der Waals surface area contributed by atoms with Crippen LogP contribution in [-0.2, 0) is 0 Å². The summed E-state index contributed by atoms with van der Waals surface area (Å²) < 4.78 is 5.02. The van der Waals surface area contributed by atoms with Gasteiger partial charge in [-0.25, -0.2) is 4.79 Å². The number of carboxylic acid groups (broad SMARTS) is 1. The third kappa shape index (κ3) is 2.39. The van der Waals surface area contributed by atoms with E-state index in [1.165, 1.54) is 12.1 Å². The number of carbonyl (C=O) groups is 2. The molecule has 0 bridgehead atoms. The number of aromatic carboxylic acids is 1.